The number of hydrogen-bond donors (Lipinski definition) is 6. The molecule has 0 amide bonds. The maximum absolute atomic E-state index is 8.74. The fourth-order valence-corrected chi connectivity index (χ4v) is 0. The van der Waals surface area contributed by atoms with Crippen LogP contribution in [-0.2, 0) is 82.4 Å². The first-order valence-electron chi connectivity index (χ1n) is 2.10. The fourth-order valence-electron chi connectivity index (χ4n) is 0. The Balaban J connectivity index is -0.0000000277. The van der Waals surface area contributed by atoms with E-state index >= 15 is 0 Å². The van der Waals surface area contributed by atoms with Crippen LogP contribution in [0.15, 0.2) is 0 Å². The van der Waals surface area contributed by atoms with Crippen molar-refractivity contribution in [2.24, 2.45) is 0 Å². The molecular weight excluding hydrogens is 456 g/mol. The summed E-state index contributed by atoms with van der Waals surface area (Å²) >= 11 is 0. The zero-order valence-electron chi connectivity index (χ0n) is 7.42. The van der Waals surface area contributed by atoms with E-state index in [1.54, 1.807) is 0 Å². The van der Waals surface area contributed by atoms with Gasteiger partial charge < -0.3 is 0 Å². The summed E-state index contributed by atoms with van der Waals surface area (Å²) < 4.78 is 94.8. The van der Waals surface area contributed by atoms with Gasteiger partial charge in [-0.2, -0.15) is 25.3 Å². The molecule has 0 saturated carbocycles. The molecule has 0 saturated heterocycles. The average molecular weight is 462 g/mol. The summed E-state index contributed by atoms with van der Waals surface area (Å²) in [6.45, 7) is 0. The SMILES string of the molecule is O=S(=O)(O)O.O=S(=O)(O)O.O=S(=O)(O)O.[Fe].[Fe].[Fe]. The van der Waals surface area contributed by atoms with Crippen LogP contribution in [0.1, 0.15) is 0 Å². The molecular formula is H6Fe3O12S3. The fraction of sp³-hybridized carbons (Fsp3) is 0. The second-order valence-electron chi connectivity index (χ2n) is 1.34. The molecule has 0 aliphatic rings. The molecule has 0 rings (SSSR count). The van der Waals surface area contributed by atoms with Crippen LogP contribution in [0.3, 0.4) is 0 Å². The van der Waals surface area contributed by atoms with E-state index in [9.17, 15) is 0 Å². The molecule has 0 aromatic carbocycles. The summed E-state index contributed by atoms with van der Waals surface area (Å²) in [6, 6.07) is 0. The summed E-state index contributed by atoms with van der Waals surface area (Å²) in [5, 5.41) is 0. The van der Waals surface area contributed by atoms with Gasteiger partial charge in [-0.25, -0.2) is 0 Å². The van der Waals surface area contributed by atoms with Crippen LogP contribution in [0.25, 0.3) is 0 Å². The van der Waals surface area contributed by atoms with Gasteiger partial charge in [0.25, 0.3) is 0 Å². The second kappa shape index (κ2) is 14.6. The van der Waals surface area contributed by atoms with Crippen LogP contribution in [-0.4, -0.2) is 52.6 Å². The Labute approximate surface area is 134 Å². The van der Waals surface area contributed by atoms with Crippen LogP contribution in [0.2, 0.25) is 0 Å². The average Bonchev–Trinajstić information content (AvgIpc) is 1.41. The summed E-state index contributed by atoms with van der Waals surface area (Å²) in [5.41, 5.74) is 0. The molecule has 18 heavy (non-hydrogen) atoms. The largest absolute Gasteiger partial charge is 0.394 e. The first-order chi connectivity index (χ1) is 6.00. The van der Waals surface area contributed by atoms with Crippen molar-refractivity contribution < 1.29 is 104 Å². The number of rotatable bonds is 0. The third-order valence-electron chi connectivity index (χ3n) is 0. The van der Waals surface area contributed by atoms with Gasteiger partial charge in [0.2, 0.25) is 0 Å². The van der Waals surface area contributed by atoms with Crippen molar-refractivity contribution in [3.05, 3.63) is 0 Å². The molecule has 18 heteroatoms. The zero-order chi connectivity index (χ0) is 13.5. The molecule has 12 nitrogen and oxygen atoms in total. The normalized spacial score (nSPS) is 9.67. The Bertz CT molecular complexity index is 343. The summed E-state index contributed by atoms with van der Waals surface area (Å²) in [6.07, 6.45) is 0. The minimum Gasteiger partial charge on any atom is -0.264 e. The molecule has 0 aliphatic carbocycles. The van der Waals surface area contributed by atoms with Crippen molar-refractivity contribution in [3.63, 3.8) is 0 Å². The Morgan fingerprint density at radius 3 is 0.389 bits per heavy atom. The maximum Gasteiger partial charge on any atom is 0.394 e. The molecule has 0 aliphatic heterocycles. The monoisotopic (exact) mass is 462 g/mol. The van der Waals surface area contributed by atoms with Gasteiger partial charge in [0.15, 0.2) is 0 Å². The first-order valence-corrected chi connectivity index (χ1v) is 6.29. The summed E-state index contributed by atoms with van der Waals surface area (Å²) in [7, 11) is -14.0. The van der Waals surface area contributed by atoms with Gasteiger partial charge in [0.1, 0.15) is 0 Å². The summed E-state index contributed by atoms with van der Waals surface area (Å²) in [5.74, 6) is 0. The van der Waals surface area contributed by atoms with E-state index in [4.69, 9.17) is 52.6 Å². The van der Waals surface area contributed by atoms with Crippen LogP contribution >= 0.6 is 0 Å². The van der Waals surface area contributed by atoms with Crippen molar-refractivity contribution in [2.75, 3.05) is 0 Å². The predicted molar refractivity (Wildman–Crippen MR) is 42.5 cm³/mol. The molecule has 0 atom stereocenters. The van der Waals surface area contributed by atoms with Gasteiger partial charge in [-0.3, -0.25) is 27.3 Å². The molecule has 120 valence electrons. The molecule has 0 heterocycles. The number of hydrogen-bond acceptors (Lipinski definition) is 6. The van der Waals surface area contributed by atoms with Crippen molar-refractivity contribution >= 4 is 31.2 Å². The molecule has 0 aromatic rings. The minimum atomic E-state index is -4.67. The van der Waals surface area contributed by atoms with Crippen LogP contribution in [0.4, 0.5) is 0 Å². The molecule has 0 radical (unpaired) electrons. The third-order valence-corrected chi connectivity index (χ3v) is 0. The maximum atomic E-state index is 8.74. The predicted octanol–water partition coefficient (Wildman–Crippen LogP) is -1.97. The molecule has 0 bridgehead atoms. The molecule has 0 spiro atoms. The van der Waals surface area contributed by atoms with E-state index in [0.717, 1.165) is 0 Å². The molecule has 0 fully saturated rings. The van der Waals surface area contributed by atoms with Crippen LogP contribution in [0.5, 0.6) is 0 Å². The molecule has 0 aromatic heterocycles. The van der Waals surface area contributed by atoms with E-state index in [1.807, 2.05) is 0 Å². The van der Waals surface area contributed by atoms with Gasteiger partial charge in [0, 0.05) is 51.2 Å². The van der Waals surface area contributed by atoms with Crippen molar-refractivity contribution in [2.45, 2.75) is 0 Å². The van der Waals surface area contributed by atoms with E-state index in [1.165, 1.54) is 0 Å². The van der Waals surface area contributed by atoms with Gasteiger partial charge in [-0.1, -0.05) is 0 Å². The standard InChI is InChI=1S/3Fe.3H2O4S/c;;;3*1-5(2,3)4/h;;;3*(H2,1,2,3,4). The Morgan fingerprint density at radius 2 is 0.389 bits per heavy atom. The van der Waals surface area contributed by atoms with Crippen molar-refractivity contribution in [1.82, 2.24) is 0 Å². The van der Waals surface area contributed by atoms with Crippen molar-refractivity contribution in [1.29, 1.82) is 0 Å². The van der Waals surface area contributed by atoms with E-state index in [0.29, 0.717) is 0 Å². The topological polar surface area (TPSA) is 224 Å². The Hall–Kier alpha value is 1.17. The zero-order valence-corrected chi connectivity index (χ0v) is 13.2. The minimum absolute atomic E-state index is 0. The summed E-state index contributed by atoms with van der Waals surface area (Å²) in [4.78, 5) is 0. The van der Waals surface area contributed by atoms with Gasteiger partial charge in [0.05, 0.1) is 0 Å². The van der Waals surface area contributed by atoms with Gasteiger partial charge in [-0.05, 0) is 0 Å². The van der Waals surface area contributed by atoms with E-state index in [-0.39, 0.29) is 51.2 Å². The first kappa shape index (κ1) is 36.5. The van der Waals surface area contributed by atoms with Gasteiger partial charge in [-0.15, -0.1) is 0 Å². The van der Waals surface area contributed by atoms with Crippen LogP contribution in [0, 0.1) is 0 Å². The second-order valence-corrected chi connectivity index (χ2v) is 4.03. The van der Waals surface area contributed by atoms with E-state index in [2.05, 4.69) is 0 Å². The molecule has 6 N–H and O–H groups in total. The molecule has 0 unspecified atom stereocenters. The van der Waals surface area contributed by atoms with Gasteiger partial charge >= 0.3 is 31.2 Å². The Morgan fingerprint density at radius 1 is 0.389 bits per heavy atom. The smallest absolute Gasteiger partial charge is 0.264 e. The Kier molecular flexibility index (Phi) is 29.5. The third kappa shape index (κ3) is 3290. The quantitative estimate of drug-likeness (QED) is 0.171. The van der Waals surface area contributed by atoms with Crippen LogP contribution < -0.4 is 0 Å². The van der Waals surface area contributed by atoms with E-state index < -0.39 is 31.2 Å². The van der Waals surface area contributed by atoms with Crippen molar-refractivity contribution in [3.8, 4) is 0 Å².